The molecular formula is C41H26N2S. The molecule has 0 spiro atoms. The fourth-order valence-corrected chi connectivity index (χ4v) is 7.57. The minimum atomic E-state index is 0.998. The van der Waals surface area contributed by atoms with Gasteiger partial charge < -0.3 is 0 Å². The SMILES string of the molecule is c1ccc(-c2c3ccccc3c(-c3nn4c(-c5cccs5)cc5ccccc5c4c3-c3ccccc3)c3ccccc23)cc1. The first-order valence-electron chi connectivity index (χ1n) is 14.9. The molecule has 0 bridgehead atoms. The molecule has 3 heteroatoms. The van der Waals surface area contributed by atoms with Crippen LogP contribution in [-0.2, 0) is 0 Å². The Balaban J connectivity index is 1.52. The quantitative estimate of drug-likeness (QED) is 0.190. The van der Waals surface area contributed by atoms with Gasteiger partial charge in [0.1, 0.15) is 5.69 Å². The van der Waals surface area contributed by atoms with Gasteiger partial charge in [0.2, 0.25) is 0 Å². The van der Waals surface area contributed by atoms with E-state index in [1.165, 1.54) is 53.9 Å². The van der Waals surface area contributed by atoms with Gasteiger partial charge in [-0.3, -0.25) is 0 Å². The van der Waals surface area contributed by atoms with Gasteiger partial charge in [0.15, 0.2) is 0 Å². The number of pyridine rings is 1. The molecule has 206 valence electrons. The van der Waals surface area contributed by atoms with Crippen LogP contribution in [0.4, 0.5) is 0 Å². The lowest BCUT2D eigenvalue weighted by atomic mass is 9.86. The minimum absolute atomic E-state index is 0.998. The lowest BCUT2D eigenvalue weighted by Gasteiger charge is -2.17. The van der Waals surface area contributed by atoms with Gasteiger partial charge in [0.05, 0.1) is 16.1 Å². The minimum Gasteiger partial charge on any atom is -0.230 e. The van der Waals surface area contributed by atoms with Crippen molar-refractivity contribution in [3.05, 3.63) is 157 Å². The van der Waals surface area contributed by atoms with E-state index in [4.69, 9.17) is 5.10 Å². The smallest absolute Gasteiger partial charge is 0.102 e. The summed E-state index contributed by atoms with van der Waals surface area (Å²) in [5, 5.41) is 15.0. The molecule has 44 heavy (non-hydrogen) atoms. The van der Waals surface area contributed by atoms with Crippen LogP contribution < -0.4 is 0 Å². The van der Waals surface area contributed by atoms with E-state index in [9.17, 15) is 0 Å². The predicted molar refractivity (Wildman–Crippen MR) is 187 cm³/mol. The second kappa shape index (κ2) is 10.0. The third-order valence-electron chi connectivity index (χ3n) is 8.69. The Hall–Kier alpha value is -5.51. The van der Waals surface area contributed by atoms with Gasteiger partial charge >= 0.3 is 0 Å². The molecule has 6 aromatic carbocycles. The Morgan fingerprint density at radius 3 is 1.57 bits per heavy atom. The van der Waals surface area contributed by atoms with E-state index >= 15 is 0 Å². The topological polar surface area (TPSA) is 17.3 Å². The number of aromatic nitrogens is 2. The summed E-state index contributed by atoms with van der Waals surface area (Å²) in [6, 6.07) is 54.5. The summed E-state index contributed by atoms with van der Waals surface area (Å²) in [6.45, 7) is 0. The number of hydrogen-bond donors (Lipinski definition) is 0. The van der Waals surface area contributed by atoms with E-state index in [-0.39, 0.29) is 0 Å². The highest BCUT2D eigenvalue weighted by molar-refractivity contribution is 7.13. The molecule has 3 aromatic heterocycles. The standard InChI is InChI=1S/C41H26N2S/c1-3-14-27(15-4-1)37-31-20-9-11-22-33(31)39(34-23-12-10-21-32(34)37)40-38(28-16-5-2-6-17-28)41-30-19-8-7-18-29(30)26-35(43(41)42-40)36-24-13-25-44-36/h1-26H. The Morgan fingerprint density at radius 1 is 0.455 bits per heavy atom. The summed E-state index contributed by atoms with van der Waals surface area (Å²) in [7, 11) is 0. The van der Waals surface area contributed by atoms with Crippen LogP contribution in [-0.4, -0.2) is 9.61 Å². The zero-order chi connectivity index (χ0) is 29.0. The van der Waals surface area contributed by atoms with Gasteiger partial charge in [0.25, 0.3) is 0 Å². The molecule has 0 saturated carbocycles. The van der Waals surface area contributed by atoms with Crippen molar-refractivity contribution < 1.29 is 0 Å². The van der Waals surface area contributed by atoms with E-state index in [0.29, 0.717) is 0 Å². The van der Waals surface area contributed by atoms with Gasteiger partial charge in [-0.1, -0.05) is 140 Å². The van der Waals surface area contributed by atoms with Crippen LogP contribution in [0.1, 0.15) is 0 Å². The number of benzene rings is 6. The van der Waals surface area contributed by atoms with Crippen molar-refractivity contribution in [1.82, 2.24) is 9.61 Å². The maximum atomic E-state index is 5.59. The first kappa shape index (κ1) is 25.0. The average Bonchev–Trinajstić information content (AvgIpc) is 3.77. The van der Waals surface area contributed by atoms with E-state index in [1.54, 1.807) is 11.3 Å². The Labute approximate surface area is 259 Å². The Morgan fingerprint density at radius 2 is 0.977 bits per heavy atom. The molecule has 0 amide bonds. The summed E-state index contributed by atoms with van der Waals surface area (Å²) in [5.74, 6) is 0. The third-order valence-corrected chi connectivity index (χ3v) is 9.58. The van der Waals surface area contributed by atoms with E-state index in [2.05, 4.69) is 162 Å². The molecule has 0 aliphatic rings. The van der Waals surface area contributed by atoms with Crippen molar-refractivity contribution in [3.8, 4) is 44.1 Å². The lowest BCUT2D eigenvalue weighted by molar-refractivity contribution is 0.983. The van der Waals surface area contributed by atoms with Crippen molar-refractivity contribution in [1.29, 1.82) is 0 Å². The maximum Gasteiger partial charge on any atom is 0.102 e. The lowest BCUT2D eigenvalue weighted by Crippen LogP contribution is -1.95. The van der Waals surface area contributed by atoms with Gasteiger partial charge in [-0.25, -0.2) is 4.52 Å². The summed E-state index contributed by atoms with van der Waals surface area (Å²) in [5.41, 5.74) is 9.19. The number of nitrogens with zero attached hydrogens (tertiary/aromatic N) is 2. The molecule has 9 aromatic rings. The predicted octanol–water partition coefficient (Wildman–Crippen LogP) is 11.5. The molecule has 0 atom stereocenters. The molecule has 0 unspecified atom stereocenters. The molecule has 0 aliphatic carbocycles. The van der Waals surface area contributed by atoms with Crippen LogP contribution >= 0.6 is 11.3 Å². The average molecular weight is 579 g/mol. The molecule has 0 saturated heterocycles. The molecule has 0 fully saturated rings. The molecule has 0 radical (unpaired) electrons. The van der Waals surface area contributed by atoms with Crippen LogP contribution in [0.3, 0.4) is 0 Å². The van der Waals surface area contributed by atoms with Gasteiger partial charge in [-0.2, -0.15) is 5.10 Å². The number of rotatable bonds is 4. The summed E-state index contributed by atoms with van der Waals surface area (Å²) in [6.07, 6.45) is 0. The van der Waals surface area contributed by atoms with Crippen LogP contribution in [0.25, 0.3) is 81.9 Å². The van der Waals surface area contributed by atoms with Crippen molar-refractivity contribution in [2.75, 3.05) is 0 Å². The van der Waals surface area contributed by atoms with Crippen LogP contribution in [0.2, 0.25) is 0 Å². The molecule has 9 rings (SSSR count). The second-order valence-corrected chi connectivity index (χ2v) is 12.1. The fraction of sp³-hybridized carbons (Fsp3) is 0. The first-order valence-corrected chi connectivity index (χ1v) is 15.8. The van der Waals surface area contributed by atoms with E-state index < -0.39 is 0 Å². The van der Waals surface area contributed by atoms with Crippen molar-refractivity contribution >= 4 is 49.2 Å². The van der Waals surface area contributed by atoms with Crippen molar-refractivity contribution in [2.24, 2.45) is 0 Å². The second-order valence-electron chi connectivity index (χ2n) is 11.2. The van der Waals surface area contributed by atoms with E-state index in [0.717, 1.165) is 28.0 Å². The zero-order valence-corrected chi connectivity index (χ0v) is 24.6. The summed E-state index contributed by atoms with van der Waals surface area (Å²) < 4.78 is 2.19. The molecule has 3 heterocycles. The van der Waals surface area contributed by atoms with Gasteiger partial charge in [-0.05, 0) is 61.1 Å². The van der Waals surface area contributed by atoms with Crippen LogP contribution in [0, 0.1) is 0 Å². The Bertz CT molecular complexity index is 2420. The number of thiophene rings is 1. The maximum absolute atomic E-state index is 5.59. The highest BCUT2D eigenvalue weighted by Gasteiger charge is 2.25. The van der Waals surface area contributed by atoms with Crippen molar-refractivity contribution in [3.63, 3.8) is 0 Å². The molecular weight excluding hydrogens is 553 g/mol. The monoisotopic (exact) mass is 578 g/mol. The normalized spacial score (nSPS) is 11.6. The highest BCUT2D eigenvalue weighted by atomic mass is 32.1. The number of hydrogen-bond acceptors (Lipinski definition) is 2. The molecule has 2 nitrogen and oxygen atoms in total. The van der Waals surface area contributed by atoms with Crippen LogP contribution in [0.15, 0.2) is 157 Å². The van der Waals surface area contributed by atoms with Crippen molar-refractivity contribution in [2.45, 2.75) is 0 Å². The molecule has 0 N–H and O–H groups in total. The first-order chi connectivity index (χ1) is 21.9. The zero-order valence-electron chi connectivity index (χ0n) is 23.8. The van der Waals surface area contributed by atoms with Gasteiger partial charge in [-0.15, -0.1) is 11.3 Å². The Kier molecular flexibility index (Phi) is 5.71. The van der Waals surface area contributed by atoms with Crippen LogP contribution in [0.5, 0.6) is 0 Å². The summed E-state index contributed by atoms with van der Waals surface area (Å²) in [4.78, 5) is 1.20. The fourth-order valence-electron chi connectivity index (χ4n) is 6.84. The third kappa shape index (κ3) is 3.76. The van der Waals surface area contributed by atoms with E-state index in [1.807, 2.05) is 0 Å². The largest absolute Gasteiger partial charge is 0.230 e. The number of fused-ring (bicyclic) bond motifs is 5. The summed E-state index contributed by atoms with van der Waals surface area (Å²) >= 11 is 1.75. The molecule has 0 aliphatic heterocycles. The highest BCUT2D eigenvalue weighted by Crippen LogP contribution is 2.48. The van der Waals surface area contributed by atoms with Gasteiger partial charge in [0, 0.05) is 16.5 Å².